The van der Waals surface area contributed by atoms with Gasteiger partial charge in [0.05, 0.1) is 0 Å². The van der Waals surface area contributed by atoms with E-state index >= 15 is 0 Å². The Hall–Kier alpha value is -2.39. The molecule has 4 rings (SSSR count). The molecule has 0 saturated carbocycles. The van der Waals surface area contributed by atoms with Crippen LogP contribution in [0.2, 0.25) is 0 Å². The third kappa shape index (κ3) is 2.57. The van der Waals surface area contributed by atoms with E-state index in [9.17, 15) is 4.39 Å². The van der Waals surface area contributed by atoms with Gasteiger partial charge >= 0.3 is 0 Å². The third-order valence-electron chi connectivity index (χ3n) is 4.54. The highest BCUT2D eigenvalue weighted by molar-refractivity contribution is 5.87. The van der Waals surface area contributed by atoms with Gasteiger partial charge in [0.15, 0.2) is 0 Å². The number of nitrogens with zero attached hydrogens (tertiary/aromatic N) is 2. The van der Waals surface area contributed by atoms with Gasteiger partial charge in [-0.25, -0.2) is 4.39 Å². The van der Waals surface area contributed by atoms with E-state index in [4.69, 9.17) is 0 Å². The Kier molecular flexibility index (Phi) is 3.50. The summed E-state index contributed by atoms with van der Waals surface area (Å²) in [7, 11) is 2.13. The second-order valence-corrected chi connectivity index (χ2v) is 6.17. The van der Waals surface area contributed by atoms with E-state index < -0.39 is 0 Å². The molecule has 3 aromatic rings. The molecule has 1 aliphatic rings. The summed E-state index contributed by atoms with van der Waals surface area (Å²) >= 11 is 0. The lowest BCUT2D eigenvalue weighted by Gasteiger charge is -2.25. The Morgan fingerprint density at radius 1 is 0.913 bits per heavy atom. The summed E-state index contributed by atoms with van der Waals surface area (Å²) in [5.41, 5.74) is 3.37. The molecule has 0 unspecified atom stereocenters. The predicted octanol–water partition coefficient (Wildman–Crippen LogP) is 4.56. The number of halogens is 1. The van der Waals surface area contributed by atoms with Gasteiger partial charge in [-0.1, -0.05) is 42.5 Å². The third-order valence-corrected chi connectivity index (χ3v) is 4.54. The molecule has 0 amide bonds. The van der Waals surface area contributed by atoms with Crippen LogP contribution in [0.15, 0.2) is 60.7 Å². The average Bonchev–Trinajstić information content (AvgIpc) is 2.73. The second-order valence-electron chi connectivity index (χ2n) is 6.17. The maximum atomic E-state index is 14.5. The minimum Gasteiger partial charge on any atom is -0.340 e. The van der Waals surface area contributed by atoms with Crippen molar-refractivity contribution in [2.24, 2.45) is 0 Å². The highest BCUT2D eigenvalue weighted by Gasteiger charge is 2.19. The molecule has 0 fully saturated rings. The average molecular weight is 306 g/mol. The van der Waals surface area contributed by atoms with Crippen molar-refractivity contribution in [3.8, 4) is 0 Å². The standard InChI is InChI=1S/C20H19FN2/c1-22-10-11-23(20-9-5-3-7-16(20)14-22)17-12-15-6-2-4-8-18(15)19(21)13-17/h2-9,12-13H,10-11,14H2,1H3. The van der Waals surface area contributed by atoms with Crippen molar-refractivity contribution in [1.29, 1.82) is 0 Å². The molecule has 116 valence electrons. The quantitative estimate of drug-likeness (QED) is 0.650. The first kappa shape index (κ1) is 14.2. The van der Waals surface area contributed by atoms with Gasteiger partial charge in [-0.2, -0.15) is 0 Å². The number of rotatable bonds is 1. The molecule has 1 heterocycles. The highest BCUT2D eigenvalue weighted by atomic mass is 19.1. The summed E-state index contributed by atoms with van der Waals surface area (Å²) in [6.45, 7) is 2.72. The number of anilines is 2. The van der Waals surface area contributed by atoms with E-state index in [1.165, 1.54) is 11.3 Å². The SMILES string of the molecule is CN1CCN(c2cc(F)c3ccccc3c2)c2ccccc2C1. The van der Waals surface area contributed by atoms with Gasteiger partial charge < -0.3 is 9.80 Å². The molecule has 0 N–H and O–H groups in total. The zero-order chi connectivity index (χ0) is 15.8. The second kappa shape index (κ2) is 5.67. The topological polar surface area (TPSA) is 6.48 Å². The Balaban J connectivity index is 1.87. The number of likely N-dealkylation sites (N-methyl/N-ethyl adjacent to an activating group) is 1. The Morgan fingerprint density at radius 3 is 2.61 bits per heavy atom. The summed E-state index contributed by atoms with van der Waals surface area (Å²) < 4.78 is 14.5. The fourth-order valence-electron chi connectivity index (χ4n) is 3.34. The Labute approximate surface area is 135 Å². The van der Waals surface area contributed by atoms with Crippen molar-refractivity contribution in [3.05, 3.63) is 72.0 Å². The maximum Gasteiger partial charge on any atom is 0.133 e. The summed E-state index contributed by atoms with van der Waals surface area (Å²) in [5, 5.41) is 1.62. The van der Waals surface area contributed by atoms with Crippen molar-refractivity contribution in [2.45, 2.75) is 6.54 Å². The summed E-state index contributed by atoms with van der Waals surface area (Å²) in [4.78, 5) is 4.53. The first-order valence-corrected chi connectivity index (χ1v) is 7.95. The largest absolute Gasteiger partial charge is 0.340 e. The van der Waals surface area contributed by atoms with Gasteiger partial charge in [0.25, 0.3) is 0 Å². The van der Waals surface area contributed by atoms with Crippen LogP contribution in [-0.2, 0) is 6.54 Å². The maximum absolute atomic E-state index is 14.5. The lowest BCUT2D eigenvalue weighted by Crippen LogP contribution is -2.26. The van der Waals surface area contributed by atoms with E-state index in [1.807, 2.05) is 24.3 Å². The van der Waals surface area contributed by atoms with Crippen molar-refractivity contribution < 1.29 is 4.39 Å². The number of fused-ring (bicyclic) bond motifs is 2. The fourth-order valence-corrected chi connectivity index (χ4v) is 3.34. The van der Waals surface area contributed by atoms with Crippen LogP contribution in [0.5, 0.6) is 0 Å². The number of para-hydroxylation sites is 1. The molecule has 0 saturated heterocycles. The first-order chi connectivity index (χ1) is 11.2. The summed E-state index contributed by atoms with van der Waals surface area (Å²) in [6, 6.07) is 19.8. The van der Waals surface area contributed by atoms with Gasteiger partial charge in [-0.15, -0.1) is 0 Å². The van der Waals surface area contributed by atoms with Crippen LogP contribution in [0.3, 0.4) is 0 Å². The van der Waals surface area contributed by atoms with E-state index in [0.717, 1.165) is 30.7 Å². The summed E-state index contributed by atoms with van der Waals surface area (Å²) in [5.74, 6) is -0.159. The van der Waals surface area contributed by atoms with Gasteiger partial charge in [0.1, 0.15) is 5.82 Å². The Morgan fingerprint density at radius 2 is 1.70 bits per heavy atom. The van der Waals surface area contributed by atoms with Gasteiger partial charge in [0, 0.05) is 36.4 Å². The number of benzene rings is 3. The fraction of sp³-hybridized carbons (Fsp3) is 0.200. The van der Waals surface area contributed by atoms with E-state index in [1.54, 1.807) is 6.07 Å². The van der Waals surface area contributed by atoms with Crippen LogP contribution in [0.4, 0.5) is 15.8 Å². The molecule has 0 radical (unpaired) electrons. The lowest BCUT2D eigenvalue weighted by atomic mass is 10.1. The van der Waals surface area contributed by atoms with Crippen LogP contribution in [0, 0.1) is 5.82 Å². The Bertz CT molecular complexity index is 859. The van der Waals surface area contributed by atoms with Crippen molar-refractivity contribution in [1.82, 2.24) is 4.90 Å². The van der Waals surface area contributed by atoms with Crippen LogP contribution in [-0.4, -0.2) is 25.0 Å². The van der Waals surface area contributed by atoms with E-state index in [2.05, 4.69) is 47.2 Å². The molecular weight excluding hydrogens is 287 g/mol. The molecule has 0 aliphatic carbocycles. The minimum absolute atomic E-state index is 0.159. The smallest absolute Gasteiger partial charge is 0.133 e. The predicted molar refractivity (Wildman–Crippen MR) is 93.7 cm³/mol. The normalized spacial score (nSPS) is 15.5. The van der Waals surface area contributed by atoms with Gasteiger partial charge in [-0.3, -0.25) is 0 Å². The van der Waals surface area contributed by atoms with Gasteiger partial charge in [0.2, 0.25) is 0 Å². The van der Waals surface area contributed by atoms with Crippen LogP contribution in [0.1, 0.15) is 5.56 Å². The molecular formula is C20H19FN2. The van der Waals surface area contributed by atoms with Crippen LogP contribution < -0.4 is 4.90 Å². The molecule has 0 aromatic heterocycles. The van der Waals surface area contributed by atoms with Gasteiger partial charge in [-0.05, 0) is 36.2 Å². The van der Waals surface area contributed by atoms with Crippen LogP contribution in [0.25, 0.3) is 10.8 Å². The number of hydrogen-bond acceptors (Lipinski definition) is 2. The zero-order valence-electron chi connectivity index (χ0n) is 13.2. The molecule has 3 heteroatoms. The number of hydrogen-bond donors (Lipinski definition) is 0. The molecule has 0 atom stereocenters. The minimum atomic E-state index is -0.159. The monoisotopic (exact) mass is 306 g/mol. The summed E-state index contributed by atoms with van der Waals surface area (Å²) in [6.07, 6.45) is 0. The molecule has 0 bridgehead atoms. The first-order valence-electron chi connectivity index (χ1n) is 7.95. The highest BCUT2D eigenvalue weighted by Crippen LogP contribution is 2.34. The molecule has 3 aromatic carbocycles. The lowest BCUT2D eigenvalue weighted by molar-refractivity contribution is 0.343. The molecule has 2 nitrogen and oxygen atoms in total. The van der Waals surface area contributed by atoms with Crippen LogP contribution >= 0.6 is 0 Å². The van der Waals surface area contributed by atoms with Crippen molar-refractivity contribution in [3.63, 3.8) is 0 Å². The van der Waals surface area contributed by atoms with Crippen molar-refractivity contribution in [2.75, 3.05) is 25.0 Å². The molecule has 0 spiro atoms. The van der Waals surface area contributed by atoms with Crippen molar-refractivity contribution >= 4 is 22.1 Å². The molecule has 23 heavy (non-hydrogen) atoms. The van der Waals surface area contributed by atoms with E-state index in [-0.39, 0.29) is 5.82 Å². The molecule has 1 aliphatic heterocycles. The van der Waals surface area contributed by atoms with E-state index in [0.29, 0.717) is 5.39 Å². The zero-order valence-corrected chi connectivity index (χ0v) is 13.2.